The second kappa shape index (κ2) is 6.77. The zero-order valence-corrected chi connectivity index (χ0v) is 14.1. The van der Waals surface area contributed by atoms with Crippen molar-refractivity contribution >= 4 is 18.0 Å². The molecule has 0 radical (unpaired) electrons. The van der Waals surface area contributed by atoms with Gasteiger partial charge in [-0.15, -0.1) is 0 Å². The fourth-order valence-electron chi connectivity index (χ4n) is 4.13. The van der Waals surface area contributed by atoms with Gasteiger partial charge in [-0.05, 0) is 31.4 Å². The first-order valence-electron chi connectivity index (χ1n) is 8.28. The van der Waals surface area contributed by atoms with Gasteiger partial charge in [0, 0.05) is 6.04 Å². The number of ether oxygens (including phenoxy) is 2. The van der Waals surface area contributed by atoms with Crippen molar-refractivity contribution in [3.63, 3.8) is 0 Å². The predicted octanol–water partition coefficient (Wildman–Crippen LogP) is 2.27. The Hall–Kier alpha value is -2.14. The van der Waals surface area contributed by atoms with E-state index in [1.165, 1.54) is 14.2 Å². The first kappa shape index (κ1) is 16.7. The molecule has 2 aliphatic heterocycles. The van der Waals surface area contributed by atoms with E-state index in [2.05, 4.69) is 4.90 Å². The molecule has 2 saturated heterocycles. The van der Waals surface area contributed by atoms with Gasteiger partial charge in [-0.3, -0.25) is 14.5 Å². The van der Waals surface area contributed by atoms with Crippen molar-refractivity contribution in [2.24, 2.45) is 5.92 Å². The Labute approximate surface area is 142 Å². The third-order valence-electron chi connectivity index (χ3n) is 5.22. The van der Waals surface area contributed by atoms with E-state index in [0.29, 0.717) is 6.42 Å². The summed E-state index contributed by atoms with van der Waals surface area (Å²) in [5.74, 6) is -0.866. The third kappa shape index (κ3) is 2.73. The van der Waals surface area contributed by atoms with Gasteiger partial charge < -0.3 is 9.47 Å². The molecule has 2 heterocycles. The SMILES string of the molecule is COC(=O)[C@H]1C[C@@]2(C(=O)OC)CCCN2[C@H]1/C=C/c1ccccc1. The van der Waals surface area contributed by atoms with Gasteiger partial charge in [0.1, 0.15) is 5.54 Å². The second-order valence-electron chi connectivity index (χ2n) is 6.41. The molecule has 0 aromatic heterocycles. The summed E-state index contributed by atoms with van der Waals surface area (Å²) in [5, 5.41) is 0. The summed E-state index contributed by atoms with van der Waals surface area (Å²) in [6, 6.07) is 9.78. The van der Waals surface area contributed by atoms with E-state index in [0.717, 1.165) is 24.9 Å². The topological polar surface area (TPSA) is 55.8 Å². The molecule has 2 aliphatic rings. The number of nitrogens with zero attached hydrogens (tertiary/aromatic N) is 1. The number of esters is 2. The molecule has 0 aliphatic carbocycles. The lowest BCUT2D eigenvalue weighted by molar-refractivity contribution is -0.152. The maximum Gasteiger partial charge on any atom is 0.326 e. The van der Waals surface area contributed by atoms with Crippen LogP contribution in [-0.4, -0.2) is 49.2 Å². The molecule has 1 aromatic carbocycles. The molecule has 1 aromatic rings. The normalized spacial score (nSPS) is 29.6. The summed E-state index contributed by atoms with van der Waals surface area (Å²) in [7, 11) is 2.81. The summed E-state index contributed by atoms with van der Waals surface area (Å²) < 4.78 is 10.0. The van der Waals surface area contributed by atoms with Crippen LogP contribution in [0.4, 0.5) is 0 Å². The van der Waals surface area contributed by atoms with Crippen LogP contribution in [-0.2, 0) is 19.1 Å². The number of fused-ring (bicyclic) bond motifs is 1. The number of carbonyl (C=O) groups is 2. The standard InChI is InChI=1S/C19H23NO4/c1-23-17(21)15-13-19(18(22)24-2)11-6-12-20(19)16(15)10-9-14-7-4-3-5-8-14/h3-5,7-10,15-16H,6,11-13H2,1-2H3/b10-9+/t15-,16-,19+/m0/s1. The van der Waals surface area contributed by atoms with Crippen molar-refractivity contribution in [1.82, 2.24) is 4.90 Å². The van der Waals surface area contributed by atoms with E-state index in [1.54, 1.807) is 0 Å². The van der Waals surface area contributed by atoms with Gasteiger partial charge >= 0.3 is 11.9 Å². The molecule has 5 heteroatoms. The Morgan fingerprint density at radius 2 is 1.96 bits per heavy atom. The molecule has 3 rings (SSSR count). The molecule has 24 heavy (non-hydrogen) atoms. The van der Waals surface area contributed by atoms with Crippen molar-refractivity contribution in [3.8, 4) is 0 Å². The van der Waals surface area contributed by atoms with Crippen LogP contribution in [0.5, 0.6) is 0 Å². The number of rotatable bonds is 4. The molecule has 0 amide bonds. The molecule has 0 N–H and O–H groups in total. The maximum atomic E-state index is 12.5. The number of methoxy groups -OCH3 is 2. The Kier molecular flexibility index (Phi) is 4.71. The van der Waals surface area contributed by atoms with Crippen molar-refractivity contribution in [2.45, 2.75) is 30.8 Å². The fraction of sp³-hybridized carbons (Fsp3) is 0.474. The highest BCUT2D eigenvalue weighted by molar-refractivity contribution is 5.85. The molecule has 0 spiro atoms. The van der Waals surface area contributed by atoms with Crippen molar-refractivity contribution in [2.75, 3.05) is 20.8 Å². The quantitative estimate of drug-likeness (QED) is 0.793. The molecule has 0 saturated carbocycles. The minimum absolute atomic E-state index is 0.153. The average Bonchev–Trinajstić information content (AvgIpc) is 3.17. The first-order valence-corrected chi connectivity index (χ1v) is 8.28. The first-order chi connectivity index (χ1) is 11.6. The number of hydrogen-bond acceptors (Lipinski definition) is 5. The van der Waals surface area contributed by atoms with Gasteiger partial charge in [-0.25, -0.2) is 0 Å². The lowest BCUT2D eigenvalue weighted by atomic mass is 9.88. The fourth-order valence-corrected chi connectivity index (χ4v) is 4.13. The highest BCUT2D eigenvalue weighted by atomic mass is 16.5. The monoisotopic (exact) mass is 329 g/mol. The van der Waals surface area contributed by atoms with E-state index in [-0.39, 0.29) is 23.9 Å². The van der Waals surface area contributed by atoms with Gasteiger partial charge in [0.2, 0.25) is 0 Å². The zero-order valence-electron chi connectivity index (χ0n) is 14.1. The minimum Gasteiger partial charge on any atom is -0.469 e. The molecule has 0 bridgehead atoms. The number of hydrogen-bond donors (Lipinski definition) is 0. The van der Waals surface area contributed by atoms with Crippen LogP contribution < -0.4 is 0 Å². The Morgan fingerprint density at radius 3 is 2.62 bits per heavy atom. The molecule has 0 unspecified atom stereocenters. The summed E-state index contributed by atoms with van der Waals surface area (Å²) >= 11 is 0. The van der Waals surface area contributed by atoms with Crippen molar-refractivity contribution in [3.05, 3.63) is 42.0 Å². The summed E-state index contributed by atoms with van der Waals surface area (Å²) in [5.41, 5.74) is 0.370. The minimum atomic E-state index is -0.695. The third-order valence-corrected chi connectivity index (χ3v) is 5.22. The Bertz CT molecular complexity index is 642. The van der Waals surface area contributed by atoms with Crippen LogP contribution in [0.25, 0.3) is 6.08 Å². The number of benzene rings is 1. The van der Waals surface area contributed by atoms with Crippen LogP contribution in [0.2, 0.25) is 0 Å². The zero-order chi connectivity index (χ0) is 17.2. The van der Waals surface area contributed by atoms with Crippen LogP contribution >= 0.6 is 0 Å². The average molecular weight is 329 g/mol. The summed E-state index contributed by atoms with van der Waals surface area (Å²) in [4.78, 5) is 26.9. The van der Waals surface area contributed by atoms with Gasteiger partial charge in [0.05, 0.1) is 20.1 Å². The lowest BCUT2D eigenvalue weighted by Gasteiger charge is -2.31. The van der Waals surface area contributed by atoms with E-state index < -0.39 is 5.54 Å². The number of carbonyl (C=O) groups excluding carboxylic acids is 2. The van der Waals surface area contributed by atoms with E-state index >= 15 is 0 Å². The Balaban J connectivity index is 1.93. The van der Waals surface area contributed by atoms with Crippen LogP contribution in [0.1, 0.15) is 24.8 Å². The van der Waals surface area contributed by atoms with E-state index in [1.807, 2.05) is 42.5 Å². The molecule has 3 atom stereocenters. The predicted molar refractivity (Wildman–Crippen MR) is 90.1 cm³/mol. The smallest absolute Gasteiger partial charge is 0.326 e. The van der Waals surface area contributed by atoms with Gasteiger partial charge in [-0.2, -0.15) is 0 Å². The van der Waals surface area contributed by atoms with Gasteiger partial charge in [-0.1, -0.05) is 42.5 Å². The van der Waals surface area contributed by atoms with Crippen molar-refractivity contribution in [1.29, 1.82) is 0 Å². The van der Waals surface area contributed by atoms with Crippen LogP contribution in [0, 0.1) is 5.92 Å². The molecule has 5 nitrogen and oxygen atoms in total. The lowest BCUT2D eigenvalue weighted by Crippen LogP contribution is -2.48. The highest BCUT2D eigenvalue weighted by Gasteiger charge is 2.60. The van der Waals surface area contributed by atoms with Crippen LogP contribution in [0.3, 0.4) is 0 Å². The van der Waals surface area contributed by atoms with Gasteiger partial charge in [0.15, 0.2) is 0 Å². The molecule has 128 valence electrons. The van der Waals surface area contributed by atoms with Crippen molar-refractivity contribution < 1.29 is 19.1 Å². The molecular formula is C19H23NO4. The molecule has 2 fully saturated rings. The summed E-state index contributed by atoms with van der Waals surface area (Å²) in [6.45, 7) is 0.784. The maximum absolute atomic E-state index is 12.5. The highest BCUT2D eigenvalue weighted by Crippen LogP contribution is 2.47. The Morgan fingerprint density at radius 1 is 1.21 bits per heavy atom. The van der Waals surface area contributed by atoms with Crippen LogP contribution in [0.15, 0.2) is 36.4 Å². The second-order valence-corrected chi connectivity index (χ2v) is 6.41. The van der Waals surface area contributed by atoms with Gasteiger partial charge in [0.25, 0.3) is 0 Å². The summed E-state index contributed by atoms with van der Waals surface area (Å²) in [6.07, 6.45) is 6.14. The molecular weight excluding hydrogens is 306 g/mol. The largest absolute Gasteiger partial charge is 0.469 e. The van der Waals surface area contributed by atoms with E-state index in [4.69, 9.17) is 9.47 Å². The van der Waals surface area contributed by atoms with E-state index in [9.17, 15) is 9.59 Å².